The third-order valence-electron chi connectivity index (χ3n) is 3.52. The van der Waals surface area contributed by atoms with Crippen molar-refractivity contribution in [3.05, 3.63) is 54.5 Å². The topological polar surface area (TPSA) is 76.4 Å². The van der Waals surface area contributed by atoms with Crippen molar-refractivity contribution in [2.75, 3.05) is 4.72 Å². The molecule has 1 N–H and O–H groups in total. The van der Waals surface area contributed by atoms with Crippen LogP contribution in [0.3, 0.4) is 0 Å². The largest absolute Gasteiger partial charge is 0.279 e. The van der Waals surface area contributed by atoms with E-state index >= 15 is 0 Å². The maximum atomic E-state index is 12.6. The van der Waals surface area contributed by atoms with Gasteiger partial charge in [-0.05, 0) is 30.0 Å². The molecule has 0 fully saturated rings. The molecule has 3 aromatic heterocycles. The Hall–Kier alpha value is -2.45. The Morgan fingerprint density at radius 3 is 2.91 bits per heavy atom. The quantitative estimate of drug-likeness (QED) is 0.620. The minimum absolute atomic E-state index is 0.295. The molecule has 0 amide bonds. The fraction of sp³-hybridized carbons (Fsp3) is 0.0667. The number of fused-ring (bicyclic) bond motifs is 2. The van der Waals surface area contributed by atoms with E-state index in [0.717, 1.165) is 15.6 Å². The molecular weight excluding hydrogens is 332 g/mol. The van der Waals surface area contributed by atoms with Gasteiger partial charge in [0, 0.05) is 17.0 Å². The van der Waals surface area contributed by atoms with Crippen molar-refractivity contribution in [1.29, 1.82) is 0 Å². The lowest BCUT2D eigenvalue weighted by Crippen LogP contribution is -2.11. The number of pyridine rings is 1. The van der Waals surface area contributed by atoms with Crippen molar-refractivity contribution in [2.24, 2.45) is 0 Å². The van der Waals surface area contributed by atoms with Crippen LogP contribution in [0, 0.1) is 6.92 Å². The van der Waals surface area contributed by atoms with Gasteiger partial charge < -0.3 is 0 Å². The Morgan fingerprint density at radius 2 is 2.09 bits per heavy atom. The van der Waals surface area contributed by atoms with Gasteiger partial charge in [-0.3, -0.25) is 4.72 Å². The van der Waals surface area contributed by atoms with Crippen LogP contribution in [-0.2, 0) is 10.0 Å². The van der Waals surface area contributed by atoms with E-state index in [1.165, 1.54) is 17.7 Å². The SMILES string of the molecule is Cc1cccc2cc(S(=O)(=O)Nc3ccn4ncnc4c3)sc12. The summed E-state index contributed by atoms with van der Waals surface area (Å²) in [5.41, 5.74) is 2.11. The van der Waals surface area contributed by atoms with Gasteiger partial charge >= 0.3 is 0 Å². The summed E-state index contributed by atoms with van der Waals surface area (Å²) in [4.78, 5) is 4.05. The highest BCUT2D eigenvalue weighted by Gasteiger charge is 2.18. The summed E-state index contributed by atoms with van der Waals surface area (Å²) in [5.74, 6) is 0. The van der Waals surface area contributed by atoms with Gasteiger partial charge in [-0.25, -0.2) is 17.9 Å². The molecular formula is C15H12N4O2S2. The van der Waals surface area contributed by atoms with E-state index in [4.69, 9.17) is 0 Å². The average molecular weight is 344 g/mol. The van der Waals surface area contributed by atoms with E-state index < -0.39 is 10.0 Å². The first-order valence-corrected chi connectivity index (χ1v) is 9.14. The summed E-state index contributed by atoms with van der Waals surface area (Å²) >= 11 is 1.27. The van der Waals surface area contributed by atoms with Gasteiger partial charge in [0.15, 0.2) is 5.65 Å². The third-order valence-corrected chi connectivity index (χ3v) is 6.66. The van der Waals surface area contributed by atoms with Crippen LogP contribution >= 0.6 is 11.3 Å². The fourth-order valence-corrected chi connectivity index (χ4v) is 4.90. The van der Waals surface area contributed by atoms with E-state index in [1.54, 1.807) is 28.9 Å². The molecule has 0 bridgehead atoms. The Morgan fingerprint density at radius 1 is 1.22 bits per heavy atom. The standard InChI is InChI=1S/C15H12N4O2S2/c1-10-3-2-4-11-7-14(22-15(10)11)23(20,21)18-12-5-6-19-13(8-12)16-9-17-19/h2-9,18H,1H3. The van der Waals surface area contributed by atoms with Crippen LogP contribution in [0.2, 0.25) is 0 Å². The predicted octanol–water partition coefficient (Wildman–Crippen LogP) is 3.05. The van der Waals surface area contributed by atoms with Crippen molar-refractivity contribution < 1.29 is 8.42 Å². The maximum Gasteiger partial charge on any atom is 0.271 e. The lowest BCUT2D eigenvalue weighted by Gasteiger charge is -2.05. The van der Waals surface area contributed by atoms with Crippen molar-refractivity contribution >= 4 is 42.8 Å². The number of aromatic nitrogens is 3. The molecule has 0 atom stereocenters. The molecule has 8 heteroatoms. The second-order valence-corrected chi connectivity index (χ2v) is 8.10. The number of anilines is 1. The molecule has 0 spiro atoms. The van der Waals surface area contributed by atoms with Gasteiger partial charge in [0.25, 0.3) is 10.0 Å². The molecule has 4 aromatic rings. The van der Waals surface area contributed by atoms with Crippen molar-refractivity contribution in [1.82, 2.24) is 14.6 Å². The number of nitrogens with one attached hydrogen (secondary N) is 1. The minimum atomic E-state index is -3.63. The third kappa shape index (κ3) is 2.45. The summed E-state index contributed by atoms with van der Waals surface area (Å²) < 4.78 is 30.7. The summed E-state index contributed by atoms with van der Waals surface area (Å²) in [5, 5.41) is 4.92. The first-order chi connectivity index (χ1) is 11.0. The number of hydrogen-bond donors (Lipinski definition) is 1. The summed E-state index contributed by atoms with van der Waals surface area (Å²) in [6.07, 6.45) is 3.08. The van der Waals surface area contributed by atoms with Gasteiger partial charge in [-0.15, -0.1) is 11.3 Å². The van der Waals surface area contributed by atoms with E-state index in [-0.39, 0.29) is 0 Å². The van der Waals surface area contributed by atoms with Crippen LogP contribution in [-0.4, -0.2) is 23.0 Å². The molecule has 0 aliphatic heterocycles. The zero-order chi connectivity index (χ0) is 16.0. The number of thiophene rings is 1. The summed E-state index contributed by atoms with van der Waals surface area (Å²) in [6.45, 7) is 1.97. The molecule has 0 aliphatic rings. The molecule has 116 valence electrons. The Balaban J connectivity index is 1.74. The van der Waals surface area contributed by atoms with Crippen LogP contribution in [0.25, 0.3) is 15.7 Å². The second-order valence-electron chi connectivity index (χ2n) is 5.14. The molecule has 4 rings (SSSR count). The predicted molar refractivity (Wildman–Crippen MR) is 90.4 cm³/mol. The van der Waals surface area contributed by atoms with E-state index in [0.29, 0.717) is 15.5 Å². The number of benzene rings is 1. The van der Waals surface area contributed by atoms with Crippen LogP contribution < -0.4 is 4.72 Å². The lowest BCUT2D eigenvalue weighted by atomic mass is 10.2. The van der Waals surface area contributed by atoms with E-state index in [2.05, 4.69) is 14.8 Å². The van der Waals surface area contributed by atoms with Crippen molar-refractivity contribution in [3.8, 4) is 0 Å². The summed E-state index contributed by atoms with van der Waals surface area (Å²) in [7, 11) is -3.63. The van der Waals surface area contributed by atoms with Gasteiger partial charge in [0.05, 0.1) is 5.69 Å². The van der Waals surface area contributed by atoms with Crippen molar-refractivity contribution in [2.45, 2.75) is 11.1 Å². The second kappa shape index (κ2) is 5.04. The molecule has 0 unspecified atom stereocenters. The first kappa shape index (κ1) is 14.2. The van der Waals surface area contributed by atoms with E-state index in [9.17, 15) is 8.42 Å². The molecule has 1 aromatic carbocycles. The highest BCUT2D eigenvalue weighted by molar-refractivity contribution is 7.94. The molecule has 23 heavy (non-hydrogen) atoms. The molecule has 6 nitrogen and oxygen atoms in total. The average Bonchev–Trinajstić information content (AvgIpc) is 3.13. The van der Waals surface area contributed by atoms with Gasteiger partial charge in [-0.1, -0.05) is 18.2 Å². The smallest absolute Gasteiger partial charge is 0.271 e. The van der Waals surface area contributed by atoms with Gasteiger partial charge in [0.2, 0.25) is 0 Å². The van der Waals surface area contributed by atoms with Gasteiger partial charge in [0.1, 0.15) is 10.5 Å². The molecule has 0 saturated heterocycles. The number of sulfonamides is 1. The first-order valence-electron chi connectivity index (χ1n) is 6.84. The molecule has 0 saturated carbocycles. The molecule has 3 heterocycles. The zero-order valence-corrected chi connectivity index (χ0v) is 13.7. The minimum Gasteiger partial charge on any atom is -0.279 e. The molecule has 0 aliphatic carbocycles. The van der Waals surface area contributed by atoms with Gasteiger partial charge in [-0.2, -0.15) is 5.10 Å². The highest BCUT2D eigenvalue weighted by Crippen LogP contribution is 2.32. The maximum absolute atomic E-state index is 12.6. The lowest BCUT2D eigenvalue weighted by molar-refractivity contribution is 0.603. The fourth-order valence-electron chi connectivity index (χ4n) is 2.40. The van der Waals surface area contributed by atoms with Crippen LogP contribution in [0.4, 0.5) is 5.69 Å². The number of aryl methyl sites for hydroxylation is 1. The monoisotopic (exact) mass is 344 g/mol. The van der Waals surface area contributed by atoms with Crippen LogP contribution in [0.5, 0.6) is 0 Å². The summed E-state index contributed by atoms with van der Waals surface area (Å²) in [6, 6.07) is 10.8. The number of rotatable bonds is 3. The molecule has 0 radical (unpaired) electrons. The Kier molecular flexibility index (Phi) is 3.10. The normalized spacial score (nSPS) is 12.0. The number of hydrogen-bond acceptors (Lipinski definition) is 5. The highest BCUT2D eigenvalue weighted by atomic mass is 32.2. The Bertz CT molecular complexity index is 1130. The Labute approximate surface area is 136 Å². The van der Waals surface area contributed by atoms with Crippen LogP contribution in [0.15, 0.2) is 53.1 Å². The van der Waals surface area contributed by atoms with Crippen molar-refractivity contribution in [3.63, 3.8) is 0 Å². The zero-order valence-electron chi connectivity index (χ0n) is 12.1. The van der Waals surface area contributed by atoms with E-state index in [1.807, 2.05) is 25.1 Å². The number of nitrogens with zero attached hydrogens (tertiary/aromatic N) is 3. The van der Waals surface area contributed by atoms with Crippen LogP contribution in [0.1, 0.15) is 5.56 Å².